The van der Waals surface area contributed by atoms with Crippen molar-refractivity contribution in [2.24, 2.45) is 0 Å². The molecule has 1 aromatic heterocycles. The minimum Gasteiger partial charge on any atom is -0.461 e. The maximum Gasteiger partial charge on any atom is 0.379 e. The Labute approximate surface area is 171 Å². The van der Waals surface area contributed by atoms with Gasteiger partial charge in [-0.15, -0.1) is 11.8 Å². The lowest BCUT2D eigenvalue weighted by atomic mass is 9.83. The summed E-state index contributed by atoms with van der Waals surface area (Å²) in [7, 11) is 0. The highest BCUT2D eigenvalue weighted by atomic mass is 32.2. The first-order valence-corrected chi connectivity index (χ1v) is 10.5. The summed E-state index contributed by atoms with van der Waals surface area (Å²) in [5, 5.41) is 11.6. The highest BCUT2D eigenvalue weighted by molar-refractivity contribution is 7.98. The number of ether oxygens (including phenoxy) is 2. The molecule has 0 aliphatic carbocycles. The number of aliphatic hydroxyl groups is 1. The molecule has 0 spiro atoms. The summed E-state index contributed by atoms with van der Waals surface area (Å²) in [4.78, 5) is 26.4. The Kier molecular flexibility index (Phi) is 5.10. The van der Waals surface area contributed by atoms with E-state index in [4.69, 9.17) is 13.9 Å². The van der Waals surface area contributed by atoms with E-state index in [0.717, 1.165) is 10.5 Å². The number of para-hydroxylation sites is 1. The second kappa shape index (κ2) is 7.57. The van der Waals surface area contributed by atoms with E-state index in [1.54, 1.807) is 43.0 Å². The van der Waals surface area contributed by atoms with Crippen LogP contribution in [0.2, 0.25) is 0 Å². The third-order valence-corrected chi connectivity index (χ3v) is 5.71. The smallest absolute Gasteiger partial charge is 0.379 e. The Bertz CT molecular complexity index is 1140. The molecule has 0 amide bonds. The molecule has 0 bridgehead atoms. The molecule has 1 aliphatic heterocycles. The van der Waals surface area contributed by atoms with E-state index in [9.17, 15) is 14.7 Å². The van der Waals surface area contributed by atoms with Crippen LogP contribution in [0, 0.1) is 0 Å². The Morgan fingerprint density at radius 3 is 2.83 bits per heavy atom. The summed E-state index contributed by atoms with van der Waals surface area (Å²) in [6.07, 6.45) is 1.80. The molecule has 150 valence electrons. The van der Waals surface area contributed by atoms with Crippen molar-refractivity contribution in [2.45, 2.75) is 29.9 Å². The van der Waals surface area contributed by atoms with Crippen LogP contribution in [-0.2, 0) is 9.53 Å². The average molecular weight is 412 g/mol. The molecule has 7 heteroatoms. The predicted octanol–water partition coefficient (Wildman–Crippen LogP) is 3.68. The first kappa shape index (κ1) is 19.5. The molecule has 0 saturated heterocycles. The van der Waals surface area contributed by atoms with Gasteiger partial charge in [0.25, 0.3) is 0 Å². The number of hydrogen-bond acceptors (Lipinski definition) is 7. The lowest BCUT2D eigenvalue weighted by Gasteiger charge is -2.36. The first-order chi connectivity index (χ1) is 14.0. The Morgan fingerprint density at radius 1 is 1.28 bits per heavy atom. The van der Waals surface area contributed by atoms with Gasteiger partial charge in [-0.25, -0.2) is 9.59 Å². The third-order valence-electron chi connectivity index (χ3n) is 4.99. The Morgan fingerprint density at radius 2 is 2.07 bits per heavy atom. The van der Waals surface area contributed by atoms with E-state index in [1.807, 2.05) is 30.5 Å². The predicted molar refractivity (Wildman–Crippen MR) is 109 cm³/mol. The number of carbonyl (C=O) groups excluding carboxylic acids is 1. The topological polar surface area (TPSA) is 86.0 Å². The standard InChI is InChI=1S/C22H20O6S/c1-3-26-21(24)22(25)12-16(13-7-6-8-14(11-13)29-2)18-19(28-22)15-9-4-5-10-17(15)27-20(18)23/h4-11,16,25H,3,12H2,1-2H3/t16-,22?/m1/s1. The van der Waals surface area contributed by atoms with E-state index in [1.165, 1.54) is 0 Å². The van der Waals surface area contributed by atoms with Crippen LogP contribution in [-0.4, -0.2) is 29.7 Å². The van der Waals surface area contributed by atoms with E-state index in [2.05, 4.69) is 0 Å². The second-order valence-corrected chi connectivity index (χ2v) is 7.65. The fourth-order valence-corrected chi connectivity index (χ4v) is 4.12. The van der Waals surface area contributed by atoms with E-state index < -0.39 is 23.3 Å². The molecule has 3 aromatic rings. The minimum atomic E-state index is -2.21. The van der Waals surface area contributed by atoms with Gasteiger partial charge in [-0.05, 0) is 43.0 Å². The molecule has 2 atom stereocenters. The van der Waals surface area contributed by atoms with Crippen LogP contribution >= 0.6 is 11.8 Å². The SMILES string of the molecule is CCOC(=O)C1(O)C[C@H](c2cccc(SC)c2)c2c(c3ccccc3oc2=O)O1. The molecule has 2 aromatic carbocycles. The van der Waals surface area contributed by atoms with Gasteiger partial charge in [-0.1, -0.05) is 24.3 Å². The quantitative estimate of drug-likeness (QED) is 0.397. The molecular formula is C22H20O6S. The van der Waals surface area contributed by atoms with Gasteiger partial charge in [0.15, 0.2) is 0 Å². The van der Waals surface area contributed by atoms with Crippen molar-refractivity contribution in [1.29, 1.82) is 0 Å². The van der Waals surface area contributed by atoms with Crippen molar-refractivity contribution < 1.29 is 23.8 Å². The fraction of sp³-hybridized carbons (Fsp3) is 0.273. The largest absolute Gasteiger partial charge is 0.461 e. The van der Waals surface area contributed by atoms with Gasteiger partial charge in [0, 0.05) is 17.2 Å². The average Bonchev–Trinajstić information content (AvgIpc) is 2.73. The summed E-state index contributed by atoms with van der Waals surface area (Å²) in [5.74, 6) is -3.53. The van der Waals surface area contributed by atoms with Gasteiger partial charge in [0.05, 0.1) is 17.6 Å². The number of hydrogen-bond donors (Lipinski definition) is 1. The lowest BCUT2D eigenvalue weighted by Crippen LogP contribution is -2.50. The van der Waals surface area contributed by atoms with Crippen LogP contribution in [0.1, 0.15) is 30.4 Å². The van der Waals surface area contributed by atoms with Crippen LogP contribution in [0.15, 0.2) is 62.6 Å². The molecular weight excluding hydrogens is 392 g/mol. The Hall–Kier alpha value is -2.77. The lowest BCUT2D eigenvalue weighted by molar-refractivity contribution is -0.205. The highest BCUT2D eigenvalue weighted by Gasteiger charge is 2.49. The van der Waals surface area contributed by atoms with Crippen LogP contribution in [0.5, 0.6) is 5.75 Å². The maximum absolute atomic E-state index is 12.9. The van der Waals surface area contributed by atoms with Crippen molar-refractivity contribution in [3.05, 3.63) is 70.1 Å². The minimum absolute atomic E-state index is 0.0989. The number of esters is 1. The summed E-state index contributed by atoms with van der Waals surface area (Å²) >= 11 is 1.56. The number of carbonyl (C=O) groups is 1. The molecule has 1 N–H and O–H groups in total. The summed E-state index contributed by atoms with van der Waals surface area (Å²) < 4.78 is 16.3. The number of fused-ring (bicyclic) bond motifs is 3. The molecule has 0 radical (unpaired) electrons. The molecule has 0 fully saturated rings. The van der Waals surface area contributed by atoms with Crippen molar-refractivity contribution in [2.75, 3.05) is 12.9 Å². The zero-order valence-electron chi connectivity index (χ0n) is 16.0. The fourth-order valence-electron chi connectivity index (χ4n) is 3.65. The molecule has 6 nitrogen and oxygen atoms in total. The molecule has 2 heterocycles. The summed E-state index contributed by atoms with van der Waals surface area (Å²) in [6.45, 7) is 1.75. The second-order valence-electron chi connectivity index (χ2n) is 6.77. The third kappa shape index (κ3) is 3.41. The van der Waals surface area contributed by atoms with Crippen LogP contribution < -0.4 is 10.4 Å². The Balaban J connectivity index is 1.97. The van der Waals surface area contributed by atoms with E-state index in [0.29, 0.717) is 11.0 Å². The molecule has 1 aliphatic rings. The van der Waals surface area contributed by atoms with E-state index >= 15 is 0 Å². The normalized spacial score (nSPS) is 20.7. The van der Waals surface area contributed by atoms with E-state index in [-0.39, 0.29) is 24.3 Å². The number of rotatable bonds is 4. The van der Waals surface area contributed by atoms with Crippen LogP contribution in [0.3, 0.4) is 0 Å². The van der Waals surface area contributed by atoms with Gasteiger partial charge < -0.3 is 19.0 Å². The zero-order valence-corrected chi connectivity index (χ0v) is 16.8. The summed E-state index contributed by atoms with van der Waals surface area (Å²) in [5.41, 5.74) is 0.841. The molecule has 4 rings (SSSR count). The zero-order chi connectivity index (χ0) is 20.6. The molecule has 1 unspecified atom stereocenters. The van der Waals surface area contributed by atoms with Crippen molar-refractivity contribution >= 4 is 28.7 Å². The van der Waals surface area contributed by atoms with Crippen LogP contribution in [0.25, 0.3) is 11.0 Å². The summed E-state index contributed by atoms with van der Waals surface area (Å²) in [6, 6.07) is 14.5. The van der Waals surface area contributed by atoms with Gasteiger partial charge >= 0.3 is 17.4 Å². The highest BCUT2D eigenvalue weighted by Crippen LogP contribution is 2.45. The maximum atomic E-state index is 12.9. The number of thioether (sulfide) groups is 1. The number of benzene rings is 2. The first-order valence-electron chi connectivity index (χ1n) is 9.25. The molecule has 29 heavy (non-hydrogen) atoms. The molecule has 0 saturated carbocycles. The van der Waals surface area contributed by atoms with Crippen molar-refractivity contribution in [3.63, 3.8) is 0 Å². The van der Waals surface area contributed by atoms with Gasteiger partial charge in [-0.2, -0.15) is 0 Å². The van der Waals surface area contributed by atoms with Crippen molar-refractivity contribution in [1.82, 2.24) is 0 Å². The monoisotopic (exact) mass is 412 g/mol. The van der Waals surface area contributed by atoms with Crippen LogP contribution in [0.4, 0.5) is 0 Å². The van der Waals surface area contributed by atoms with Crippen molar-refractivity contribution in [3.8, 4) is 5.75 Å². The van der Waals surface area contributed by atoms with Gasteiger partial charge in [-0.3, -0.25) is 0 Å². The van der Waals surface area contributed by atoms with Gasteiger partial charge in [0.2, 0.25) is 0 Å². The van der Waals surface area contributed by atoms with Gasteiger partial charge in [0.1, 0.15) is 11.3 Å².